The van der Waals surface area contributed by atoms with E-state index in [0.717, 1.165) is 11.3 Å². The van der Waals surface area contributed by atoms with E-state index in [0.29, 0.717) is 12.2 Å². The first-order chi connectivity index (χ1) is 10.3. The summed E-state index contributed by atoms with van der Waals surface area (Å²) in [6.45, 7) is 0.495. The quantitative estimate of drug-likeness (QED) is 0.794. The zero-order valence-corrected chi connectivity index (χ0v) is 11.6. The van der Waals surface area contributed by atoms with Crippen molar-refractivity contribution in [2.75, 3.05) is 7.05 Å². The van der Waals surface area contributed by atoms with Crippen LogP contribution in [0.1, 0.15) is 16.1 Å². The number of imidazole rings is 1. The number of aromatic nitrogens is 4. The highest BCUT2D eigenvalue weighted by molar-refractivity contribution is 5.92. The number of rotatable bonds is 4. The van der Waals surface area contributed by atoms with Crippen LogP contribution >= 0.6 is 0 Å². The number of hydrogen-bond donors (Lipinski definition) is 1. The van der Waals surface area contributed by atoms with Crippen LogP contribution in [0.25, 0.3) is 5.69 Å². The number of benzene rings is 1. The van der Waals surface area contributed by atoms with Crippen molar-refractivity contribution in [3.63, 3.8) is 0 Å². The molecule has 0 spiro atoms. The zero-order chi connectivity index (χ0) is 14.7. The summed E-state index contributed by atoms with van der Waals surface area (Å²) in [6.07, 6.45) is 6.71. The molecular formula is C15H15N5O. The van der Waals surface area contributed by atoms with Gasteiger partial charge in [0.05, 0.1) is 18.7 Å². The van der Waals surface area contributed by atoms with E-state index in [1.807, 2.05) is 30.3 Å². The summed E-state index contributed by atoms with van der Waals surface area (Å²) in [5.41, 5.74) is 2.40. The van der Waals surface area contributed by atoms with E-state index in [4.69, 9.17) is 0 Å². The van der Waals surface area contributed by atoms with Gasteiger partial charge in [-0.2, -0.15) is 5.10 Å². The molecule has 106 valence electrons. The number of amides is 1. The number of carbonyl (C=O) groups is 1. The molecule has 0 atom stereocenters. The number of para-hydroxylation sites is 1. The van der Waals surface area contributed by atoms with E-state index in [2.05, 4.69) is 15.2 Å². The van der Waals surface area contributed by atoms with Gasteiger partial charge in [-0.05, 0) is 12.1 Å². The van der Waals surface area contributed by atoms with Crippen molar-refractivity contribution in [2.45, 2.75) is 6.54 Å². The van der Waals surface area contributed by atoms with E-state index >= 15 is 0 Å². The number of nitrogens with one attached hydrogen (secondary N) is 1. The molecule has 0 saturated carbocycles. The maximum absolute atomic E-state index is 12.6. The minimum Gasteiger partial charge on any atom is -0.336 e. The Hall–Kier alpha value is -2.89. The van der Waals surface area contributed by atoms with Gasteiger partial charge in [0.15, 0.2) is 0 Å². The van der Waals surface area contributed by atoms with E-state index in [9.17, 15) is 4.79 Å². The first-order valence-electron chi connectivity index (χ1n) is 6.56. The van der Waals surface area contributed by atoms with Gasteiger partial charge in [0.1, 0.15) is 5.69 Å². The summed E-state index contributed by atoms with van der Waals surface area (Å²) < 4.78 is 1.79. The maximum atomic E-state index is 12.6. The Labute approximate surface area is 122 Å². The molecule has 21 heavy (non-hydrogen) atoms. The fraction of sp³-hybridized carbons (Fsp3) is 0.133. The predicted octanol–water partition coefficient (Wildman–Crippen LogP) is 1.87. The van der Waals surface area contributed by atoms with Crippen LogP contribution in [0.2, 0.25) is 0 Å². The van der Waals surface area contributed by atoms with Crippen LogP contribution in [0.15, 0.2) is 55.2 Å². The van der Waals surface area contributed by atoms with Crippen LogP contribution in [0, 0.1) is 0 Å². The number of aromatic amines is 1. The smallest absolute Gasteiger partial charge is 0.272 e. The molecule has 2 aromatic heterocycles. The third-order valence-corrected chi connectivity index (χ3v) is 3.21. The molecule has 3 aromatic rings. The lowest BCUT2D eigenvalue weighted by Crippen LogP contribution is -2.27. The average molecular weight is 281 g/mol. The lowest BCUT2D eigenvalue weighted by Gasteiger charge is -2.17. The molecule has 0 aliphatic rings. The Morgan fingerprint density at radius 1 is 1.29 bits per heavy atom. The van der Waals surface area contributed by atoms with Crippen molar-refractivity contribution >= 4 is 5.91 Å². The van der Waals surface area contributed by atoms with E-state index in [-0.39, 0.29) is 5.91 Å². The van der Waals surface area contributed by atoms with Crippen molar-refractivity contribution in [1.82, 2.24) is 24.6 Å². The fourth-order valence-corrected chi connectivity index (χ4v) is 2.15. The minimum absolute atomic E-state index is 0.0856. The highest BCUT2D eigenvalue weighted by atomic mass is 16.2. The predicted molar refractivity (Wildman–Crippen MR) is 77.9 cm³/mol. The Morgan fingerprint density at radius 2 is 2.10 bits per heavy atom. The van der Waals surface area contributed by atoms with Gasteiger partial charge in [0.25, 0.3) is 5.91 Å². The number of carbonyl (C=O) groups excluding carboxylic acids is 1. The summed E-state index contributed by atoms with van der Waals surface area (Å²) in [7, 11) is 1.76. The van der Waals surface area contributed by atoms with Crippen LogP contribution in [0.5, 0.6) is 0 Å². The van der Waals surface area contributed by atoms with Gasteiger partial charge in [-0.3, -0.25) is 14.5 Å². The maximum Gasteiger partial charge on any atom is 0.272 e. The molecular weight excluding hydrogens is 266 g/mol. The van der Waals surface area contributed by atoms with E-state index < -0.39 is 0 Å². The Bertz CT molecular complexity index is 718. The second kappa shape index (κ2) is 5.62. The first-order valence-corrected chi connectivity index (χ1v) is 6.56. The molecule has 0 saturated heterocycles. The fourth-order valence-electron chi connectivity index (χ4n) is 2.15. The molecule has 1 N–H and O–H groups in total. The summed E-state index contributed by atoms with van der Waals surface area (Å²) in [5, 5.41) is 6.62. The second-order valence-corrected chi connectivity index (χ2v) is 4.75. The van der Waals surface area contributed by atoms with Gasteiger partial charge in [-0.25, -0.2) is 4.98 Å². The second-order valence-electron chi connectivity index (χ2n) is 4.75. The summed E-state index contributed by atoms with van der Waals surface area (Å²) in [4.78, 5) is 18.3. The van der Waals surface area contributed by atoms with Crippen molar-refractivity contribution in [3.05, 3.63) is 66.5 Å². The van der Waals surface area contributed by atoms with Crippen LogP contribution in [-0.2, 0) is 6.54 Å². The van der Waals surface area contributed by atoms with Crippen molar-refractivity contribution in [1.29, 1.82) is 0 Å². The molecule has 2 heterocycles. The molecule has 0 unspecified atom stereocenters. The third-order valence-electron chi connectivity index (χ3n) is 3.21. The number of hydrogen-bond acceptors (Lipinski definition) is 3. The van der Waals surface area contributed by atoms with E-state index in [1.54, 1.807) is 41.4 Å². The normalized spacial score (nSPS) is 10.5. The molecule has 0 aliphatic carbocycles. The van der Waals surface area contributed by atoms with Crippen molar-refractivity contribution in [3.8, 4) is 5.69 Å². The summed E-state index contributed by atoms with van der Waals surface area (Å²) >= 11 is 0. The largest absolute Gasteiger partial charge is 0.336 e. The van der Waals surface area contributed by atoms with Gasteiger partial charge < -0.3 is 4.90 Å². The molecule has 1 aromatic carbocycles. The van der Waals surface area contributed by atoms with Crippen LogP contribution in [-0.4, -0.2) is 37.6 Å². The van der Waals surface area contributed by atoms with Gasteiger partial charge in [-0.15, -0.1) is 0 Å². The number of nitrogens with zero attached hydrogens (tertiary/aromatic N) is 4. The molecule has 1 amide bonds. The van der Waals surface area contributed by atoms with Gasteiger partial charge in [0.2, 0.25) is 0 Å². The summed E-state index contributed by atoms with van der Waals surface area (Å²) in [6, 6.07) is 9.67. The first kappa shape index (κ1) is 13.1. The van der Waals surface area contributed by atoms with Gasteiger partial charge in [0, 0.05) is 31.0 Å². The molecule has 6 heteroatoms. The van der Waals surface area contributed by atoms with Crippen LogP contribution < -0.4 is 0 Å². The molecule has 0 radical (unpaired) electrons. The molecule has 3 rings (SSSR count). The van der Waals surface area contributed by atoms with Crippen LogP contribution in [0.3, 0.4) is 0 Å². The number of H-pyrrole nitrogens is 1. The van der Waals surface area contributed by atoms with Crippen molar-refractivity contribution < 1.29 is 4.79 Å². The summed E-state index contributed by atoms with van der Waals surface area (Å²) in [5.74, 6) is -0.0856. The molecule has 0 fully saturated rings. The standard InChI is InChI=1S/C15H15N5O/c1-19(10-12-7-17-18-8-12)15(21)14-9-16-11-20(14)13-5-3-2-4-6-13/h2-9,11H,10H2,1H3,(H,17,18). The molecule has 0 aliphatic heterocycles. The Morgan fingerprint density at radius 3 is 2.81 bits per heavy atom. The SMILES string of the molecule is CN(Cc1cn[nH]c1)C(=O)c1cncn1-c1ccccc1. The topological polar surface area (TPSA) is 66.8 Å². The van der Waals surface area contributed by atoms with Crippen LogP contribution in [0.4, 0.5) is 0 Å². The van der Waals surface area contributed by atoms with Gasteiger partial charge in [-0.1, -0.05) is 18.2 Å². The lowest BCUT2D eigenvalue weighted by atomic mass is 10.3. The highest BCUT2D eigenvalue weighted by Crippen LogP contribution is 2.13. The minimum atomic E-state index is -0.0856. The van der Waals surface area contributed by atoms with Crippen molar-refractivity contribution in [2.24, 2.45) is 0 Å². The zero-order valence-electron chi connectivity index (χ0n) is 11.6. The monoisotopic (exact) mass is 281 g/mol. The third kappa shape index (κ3) is 2.69. The Balaban J connectivity index is 1.84. The Kier molecular flexibility index (Phi) is 3.51. The molecule has 6 nitrogen and oxygen atoms in total. The molecule has 0 bridgehead atoms. The average Bonchev–Trinajstić information content (AvgIpc) is 3.18. The van der Waals surface area contributed by atoms with E-state index in [1.165, 1.54) is 0 Å². The lowest BCUT2D eigenvalue weighted by molar-refractivity contribution is 0.0777. The van der Waals surface area contributed by atoms with Gasteiger partial charge >= 0.3 is 0 Å². The highest BCUT2D eigenvalue weighted by Gasteiger charge is 2.17.